The van der Waals surface area contributed by atoms with Crippen LogP contribution in [-0.2, 0) is 9.59 Å². The van der Waals surface area contributed by atoms with Crippen molar-refractivity contribution in [3.63, 3.8) is 0 Å². The van der Waals surface area contributed by atoms with Crippen LogP contribution in [0.4, 0.5) is 0 Å². The van der Waals surface area contributed by atoms with Gasteiger partial charge in [0, 0.05) is 29.1 Å². The number of nitrogens with one attached hydrogen (secondary N) is 1. The van der Waals surface area contributed by atoms with Gasteiger partial charge in [-0.2, -0.15) is 0 Å². The van der Waals surface area contributed by atoms with Gasteiger partial charge in [0.2, 0.25) is 5.91 Å². The molecule has 6 nitrogen and oxygen atoms in total. The molecule has 0 fully saturated rings. The minimum absolute atomic E-state index is 0.0913. The Kier molecular flexibility index (Phi) is 5.28. The first kappa shape index (κ1) is 17.6. The van der Waals surface area contributed by atoms with Crippen molar-refractivity contribution in [1.82, 2.24) is 5.32 Å². The number of carbonyl (C=O) groups is 2. The van der Waals surface area contributed by atoms with E-state index < -0.39 is 5.97 Å². The lowest BCUT2D eigenvalue weighted by Gasteiger charge is -2.13. The number of aliphatic carboxylic acids is 1. The van der Waals surface area contributed by atoms with Crippen molar-refractivity contribution in [2.75, 3.05) is 13.7 Å². The number of allylic oxidation sites excluding steroid dienone is 1. The van der Waals surface area contributed by atoms with Crippen LogP contribution in [0.2, 0.25) is 0 Å². The molecule has 0 radical (unpaired) electrons. The Labute approximate surface area is 140 Å². The molecule has 0 bridgehead atoms. The average Bonchev–Trinajstić information content (AvgIpc) is 2.88. The third-order valence-electron chi connectivity index (χ3n) is 3.85. The van der Waals surface area contributed by atoms with E-state index in [0.29, 0.717) is 5.75 Å². The van der Waals surface area contributed by atoms with Crippen LogP contribution in [0.15, 0.2) is 22.8 Å². The molecule has 0 aliphatic carbocycles. The minimum atomic E-state index is -0.950. The van der Waals surface area contributed by atoms with E-state index in [-0.39, 0.29) is 18.9 Å². The number of fused-ring (bicyclic) bond motifs is 1. The number of carbonyl (C=O) groups excluding carboxylic acids is 1. The second-order valence-electron chi connectivity index (χ2n) is 5.64. The molecule has 0 aliphatic rings. The predicted octanol–water partition coefficient (Wildman–Crippen LogP) is 3.05. The summed E-state index contributed by atoms with van der Waals surface area (Å²) in [4.78, 5) is 22.4. The fraction of sp³-hybridized carbons (Fsp3) is 0.333. The van der Waals surface area contributed by atoms with Crippen molar-refractivity contribution in [2.24, 2.45) is 0 Å². The predicted molar refractivity (Wildman–Crippen MR) is 91.2 cm³/mol. The number of amides is 1. The standard InChI is InChI=1S/C18H21NO5/c1-10(7-15(20)19-6-5-16(21)22)13-8-14-11(2)9-24-18(14)12(3)17(13)23-4/h7-9H,5-6H2,1-4H3,(H,19,20)(H,21,22)/b10-7+. The number of hydrogen-bond donors (Lipinski definition) is 2. The monoisotopic (exact) mass is 331 g/mol. The highest BCUT2D eigenvalue weighted by Gasteiger charge is 2.16. The number of hydrogen-bond acceptors (Lipinski definition) is 4. The molecule has 1 amide bonds. The molecular formula is C18H21NO5. The van der Waals surface area contributed by atoms with E-state index in [4.69, 9.17) is 14.3 Å². The Hall–Kier alpha value is -2.76. The smallest absolute Gasteiger partial charge is 0.305 e. The number of methoxy groups -OCH3 is 1. The summed E-state index contributed by atoms with van der Waals surface area (Å²) in [6.07, 6.45) is 3.03. The zero-order chi connectivity index (χ0) is 17.9. The molecule has 2 rings (SSSR count). The van der Waals surface area contributed by atoms with E-state index in [1.54, 1.807) is 13.4 Å². The zero-order valence-corrected chi connectivity index (χ0v) is 14.2. The largest absolute Gasteiger partial charge is 0.496 e. The number of ether oxygens (including phenoxy) is 1. The second kappa shape index (κ2) is 7.21. The normalized spacial score (nSPS) is 11.6. The van der Waals surface area contributed by atoms with Gasteiger partial charge in [0.05, 0.1) is 19.8 Å². The Balaban J connectivity index is 2.35. The van der Waals surface area contributed by atoms with Crippen LogP contribution in [-0.4, -0.2) is 30.6 Å². The summed E-state index contributed by atoms with van der Waals surface area (Å²) in [5.74, 6) is -0.629. The van der Waals surface area contributed by atoms with Gasteiger partial charge >= 0.3 is 5.97 Å². The number of aryl methyl sites for hydroxylation is 2. The highest BCUT2D eigenvalue weighted by molar-refractivity contribution is 5.98. The molecule has 1 aromatic heterocycles. The van der Waals surface area contributed by atoms with Gasteiger partial charge in [-0.1, -0.05) is 0 Å². The number of carboxylic acid groups (broad SMARTS) is 1. The molecule has 1 aromatic carbocycles. The minimum Gasteiger partial charge on any atom is -0.496 e. The molecular weight excluding hydrogens is 310 g/mol. The first-order chi connectivity index (χ1) is 11.3. The van der Waals surface area contributed by atoms with Crippen LogP contribution in [0.3, 0.4) is 0 Å². The molecule has 6 heteroatoms. The Morgan fingerprint density at radius 2 is 2.08 bits per heavy atom. The van der Waals surface area contributed by atoms with Crippen LogP contribution in [0.1, 0.15) is 30.0 Å². The van der Waals surface area contributed by atoms with Gasteiger partial charge < -0.3 is 19.6 Å². The summed E-state index contributed by atoms with van der Waals surface area (Å²) in [5, 5.41) is 12.1. The van der Waals surface area contributed by atoms with Gasteiger partial charge in [-0.25, -0.2) is 0 Å². The maximum Gasteiger partial charge on any atom is 0.305 e. The molecule has 0 unspecified atom stereocenters. The SMILES string of the molecule is COc1c(/C(C)=C/C(=O)NCCC(=O)O)cc2c(C)coc2c1C. The van der Waals surface area contributed by atoms with Crippen molar-refractivity contribution in [3.05, 3.63) is 35.1 Å². The van der Waals surface area contributed by atoms with Crippen molar-refractivity contribution in [2.45, 2.75) is 27.2 Å². The lowest BCUT2D eigenvalue weighted by Crippen LogP contribution is -2.24. The van der Waals surface area contributed by atoms with Crippen LogP contribution >= 0.6 is 0 Å². The summed E-state index contributed by atoms with van der Waals surface area (Å²) in [5.41, 5.74) is 4.19. The molecule has 24 heavy (non-hydrogen) atoms. The molecule has 2 aromatic rings. The van der Waals surface area contributed by atoms with E-state index in [2.05, 4.69) is 5.32 Å². The van der Waals surface area contributed by atoms with Crippen molar-refractivity contribution >= 4 is 28.4 Å². The topological polar surface area (TPSA) is 88.8 Å². The van der Waals surface area contributed by atoms with E-state index in [0.717, 1.165) is 33.2 Å². The summed E-state index contributed by atoms with van der Waals surface area (Å²) in [6.45, 7) is 5.77. The highest BCUT2D eigenvalue weighted by atomic mass is 16.5. The molecule has 0 aliphatic heterocycles. The van der Waals surface area contributed by atoms with Crippen molar-refractivity contribution in [1.29, 1.82) is 0 Å². The van der Waals surface area contributed by atoms with Gasteiger partial charge in [-0.15, -0.1) is 0 Å². The van der Waals surface area contributed by atoms with Gasteiger partial charge in [0.1, 0.15) is 11.3 Å². The number of benzene rings is 1. The zero-order valence-electron chi connectivity index (χ0n) is 14.2. The summed E-state index contributed by atoms with van der Waals surface area (Å²) >= 11 is 0. The quantitative estimate of drug-likeness (QED) is 0.794. The summed E-state index contributed by atoms with van der Waals surface area (Å²) in [7, 11) is 1.58. The Morgan fingerprint density at radius 1 is 1.38 bits per heavy atom. The average molecular weight is 331 g/mol. The van der Waals surface area contributed by atoms with Crippen LogP contribution in [0, 0.1) is 13.8 Å². The second-order valence-corrected chi connectivity index (χ2v) is 5.64. The third kappa shape index (κ3) is 3.59. The molecule has 128 valence electrons. The maximum atomic E-state index is 11.9. The molecule has 1 heterocycles. The number of furan rings is 1. The van der Waals surface area contributed by atoms with Gasteiger partial charge in [0.15, 0.2) is 0 Å². The van der Waals surface area contributed by atoms with Gasteiger partial charge in [-0.3, -0.25) is 9.59 Å². The van der Waals surface area contributed by atoms with Crippen LogP contribution in [0.25, 0.3) is 16.5 Å². The fourth-order valence-corrected chi connectivity index (χ4v) is 2.61. The maximum absolute atomic E-state index is 11.9. The summed E-state index contributed by atoms with van der Waals surface area (Å²) < 4.78 is 11.1. The molecule has 0 spiro atoms. The van der Waals surface area contributed by atoms with Crippen LogP contribution < -0.4 is 10.1 Å². The molecule has 0 saturated heterocycles. The molecule has 0 atom stereocenters. The van der Waals surface area contributed by atoms with E-state index in [1.807, 2.05) is 26.8 Å². The molecule has 0 saturated carbocycles. The first-order valence-electron chi connectivity index (χ1n) is 7.58. The summed E-state index contributed by atoms with van der Waals surface area (Å²) in [6, 6.07) is 1.94. The van der Waals surface area contributed by atoms with Crippen molar-refractivity contribution < 1.29 is 23.8 Å². The lowest BCUT2D eigenvalue weighted by atomic mass is 9.98. The van der Waals surface area contributed by atoms with Gasteiger partial charge in [0.25, 0.3) is 0 Å². The van der Waals surface area contributed by atoms with Gasteiger partial charge in [-0.05, 0) is 38.0 Å². The lowest BCUT2D eigenvalue weighted by molar-refractivity contribution is -0.136. The molecule has 2 N–H and O–H groups in total. The highest BCUT2D eigenvalue weighted by Crippen LogP contribution is 2.37. The van der Waals surface area contributed by atoms with E-state index >= 15 is 0 Å². The van der Waals surface area contributed by atoms with E-state index in [1.165, 1.54) is 6.08 Å². The number of rotatable bonds is 6. The fourth-order valence-electron chi connectivity index (χ4n) is 2.61. The Morgan fingerprint density at radius 3 is 2.71 bits per heavy atom. The van der Waals surface area contributed by atoms with Crippen molar-refractivity contribution in [3.8, 4) is 5.75 Å². The number of carboxylic acids is 1. The Bertz CT molecular complexity index is 816. The van der Waals surface area contributed by atoms with Crippen LogP contribution in [0.5, 0.6) is 5.75 Å². The van der Waals surface area contributed by atoms with E-state index in [9.17, 15) is 9.59 Å². The third-order valence-corrected chi connectivity index (χ3v) is 3.85. The first-order valence-corrected chi connectivity index (χ1v) is 7.58.